The molecule has 0 spiro atoms. The van der Waals surface area contributed by atoms with Crippen molar-refractivity contribution in [1.82, 2.24) is 4.90 Å². The van der Waals surface area contributed by atoms with Gasteiger partial charge in [-0.3, -0.25) is 4.79 Å². The number of carbonyl (C=O) groups excluding carboxylic acids is 1. The van der Waals surface area contributed by atoms with Gasteiger partial charge in [-0.15, -0.1) is 0 Å². The van der Waals surface area contributed by atoms with E-state index in [0.29, 0.717) is 0 Å². The minimum Gasteiger partial charge on any atom is -0.327 e. The second-order valence-corrected chi connectivity index (χ2v) is 4.90. The van der Waals surface area contributed by atoms with E-state index in [2.05, 4.69) is 25.1 Å². The summed E-state index contributed by atoms with van der Waals surface area (Å²) in [7, 11) is 0. The molecule has 0 bridgehead atoms. The molecule has 0 radical (unpaired) electrons. The number of fused-ring (bicyclic) bond motifs is 1. The Hall–Kier alpha value is -2.09. The SMILES string of the molecule is CCCN1C(=O)c2ccccc2[C@H]1c1ccccc1. The average molecular weight is 251 g/mol. The van der Waals surface area contributed by atoms with Gasteiger partial charge in [0.1, 0.15) is 0 Å². The van der Waals surface area contributed by atoms with Crippen LogP contribution in [-0.2, 0) is 0 Å². The Morgan fingerprint density at radius 2 is 1.68 bits per heavy atom. The van der Waals surface area contributed by atoms with E-state index < -0.39 is 0 Å². The molecule has 1 aliphatic heterocycles. The van der Waals surface area contributed by atoms with E-state index in [9.17, 15) is 4.79 Å². The van der Waals surface area contributed by atoms with Crippen LogP contribution in [-0.4, -0.2) is 17.4 Å². The highest BCUT2D eigenvalue weighted by molar-refractivity contribution is 5.99. The van der Waals surface area contributed by atoms with E-state index in [4.69, 9.17) is 0 Å². The van der Waals surface area contributed by atoms with Crippen LogP contribution in [0.1, 0.15) is 40.9 Å². The fourth-order valence-electron chi connectivity index (χ4n) is 2.84. The van der Waals surface area contributed by atoms with E-state index in [1.165, 1.54) is 5.56 Å². The Labute approximate surface area is 113 Å². The zero-order chi connectivity index (χ0) is 13.2. The van der Waals surface area contributed by atoms with Crippen LogP contribution in [0, 0.1) is 0 Å². The van der Waals surface area contributed by atoms with Gasteiger partial charge in [0, 0.05) is 12.1 Å². The average Bonchev–Trinajstić information content (AvgIpc) is 2.74. The van der Waals surface area contributed by atoms with E-state index in [-0.39, 0.29) is 11.9 Å². The van der Waals surface area contributed by atoms with Gasteiger partial charge in [0.15, 0.2) is 0 Å². The van der Waals surface area contributed by atoms with Crippen molar-refractivity contribution in [3.63, 3.8) is 0 Å². The predicted molar refractivity (Wildman–Crippen MR) is 76.1 cm³/mol. The normalized spacial score (nSPS) is 17.6. The first-order valence-corrected chi connectivity index (χ1v) is 6.77. The van der Waals surface area contributed by atoms with Gasteiger partial charge in [-0.1, -0.05) is 55.5 Å². The number of rotatable bonds is 3. The van der Waals surface area contributed by atoms with Crippen molar-refractivity contribution >= 4 is 5.91 Å². The highest BCUT2D eigenvalue weighted by atomic mass is 16.2. The van der Waals surface area contributed by atoms with E-state index in [0.717, 1.165) is 24.1 Å². The molecule has 3 rings (SSSR count). The van der Waals surface area contributed by atoms with E-state index >= 15 is 0 Å². The molecule has 0 saturated carbocycles. The molecule has 96 valence electrons. The molecule has 1 aliphatic rings. The van der Waals surface area contributed by atoms with Gasteiger partial charge in [0.25, 0.3) is 5.91 Å². The molecule has 0 N–H and O–H groups in total. The third-order valence-corrected chi connectivity index (χ3v) is 3.64. The van der Waals surface area contributed by atoms with Gasteiger partial charge >= 0.3 is 0 Å². The van der Waals surface area contributed by atoms with Crippen LogP contribution in [0.2, 0.25) is 0 Å². The van der Waals surface area contributed by atoms with Crippen LogP contribution < -0.4 is 0 Å². The van der Waals surface area contributed by atoms with Crippen molar-refractivity contribution in [2.75, 3.05) is 6.54 Å². The molecule has 1 atom stereocenters. The Balaban J connectivity index is 2.11. The maximum atomic E-state index is 12.5. The Morgan fingerprint density at radius 1 is 1.00 bits per heavy atom. The first-order chi connectivity index (χ1) is 9.33. The van der Waals surface area contributed by atoms with Crippen molar-refractivity contribution < 1.29 is 4.79 Å². The van der Waals surface area contributed by atoms with Crippen LogP contribution >= 0.6 is 0 Å². The zero-order valence-electron chi connectivity index (χ0n) is 11.0. The van der Waals surface area contributed by atoms with Crippen LogP contribution in [0.4, 0.5) is 0 Å². The van der Waals surface area contributed by atoms with Gasteiger partial charge in [-0.2, -0.15) is 0 Å². The van der Waals surface area contributed by atoms with Crippen molar-refractivity contribution in [1.29, 1.82) is 0 Å². The van der Waals surface area contributed by atoms with Crippen LogP contribution in [0.15, 0.2) is 54.6 Å². The third-order valence-electron chi connectivity index (χ3n) is 3.64. The van der Waals surface area contributed by atoms with Crippen molar-refractivity contribution in [3.05, 3.63) is 71.3 Å². The second-order valence-electron chi connectivity index (χ2n) is 4.90. The molecular weight excluding hydrogens is 234 g/mol. The molecule has 1 heterocycles. The Bertz CT molecular complexity index is 591. The minimum absolute atomic E-state index is 0.0739. The largest absolute Gasteiger partial charge is 0.327 e. The van der Waals surface area contributed by atoms with Crippen LogP contribution in [0.3, 0.4) is 0 Å². The van der Waals surface area contributed by atoms with Gasteiger partial charge in [0.05, 0.1) is 6.04 Å². The Morgan fingerprint density at radius 3 is 2.42 bits per heavy atom. The lowest BCUT2D eigenvalue weighted by molar-refractivity contribution is 0.0750. The maximum absolute atomic E-state index is 12.5. The van der Waals surface area contributed by atoms with Gasteiger partial charge in [-0.25, -0.2) is 0 Å². The first-order valence-electron chi connectivity index (χ1n) is 6.77. The fourth-order valence-corrected chi connectivity index (χ4v) is 2.84. The molecule has 2 aromatic rings. The highest BCUT2D eigenvalue weighted by Gasteiger charge is 2.36. The molecule has 0 aromatic heterocycles. The molecule has 0 saturated heterocycles. The van der Waals surface area contributed by atoms with E-state index in [1.54, 1.807) is 0 Å². The lowest BCUT2D eigenvalue weighted by Gasteiger charge is -2.25. The molecule has 0 unspecified atom stereocenters. The first kappa shape index (κ1) is 12.0. The summed E-state index contributed by atoms with van der Waals surface area (Å²) in [5, 5.41) is 0. The summed E-state index contributed by atoms with van der Waals surface area (Å²) >= 11 is 0. The summed E-state index contributed by atoms with van der Waals surface area (Å²) in [5.74, 6) is 0.159. The molecule has 0 fully saturated rings. The molecule has 2 heteroatoms. The van der Waals surface area contributed by atoms with Crippen molar-refractivity contribution in [3.8, 4) is 0 Å². The molecular formula is C17H17NO. The smallest absolute Gasteiger partial charge is 0.255 e. The second kappa shape index (κ2) is 4.88. The van der Waals surface area contributed by atoms with E-state index in [1.807, 2.05) is 41.3 Å². The van der Waals surface area contributed by atoms with Gasteiger partial charge in [-0.05, 0) is 23.6 Å². The molecule has 19 heavy (non-hydrogen) atoms. The summed E-state index contributed by atoms with van der Waals surface area (Å²) < 4.78 is 0. The summed E-state index contributed by atoms with van der Waals surface area (Å²) in [6.45, 7) is 2.91. The number of hydrogen-bond donors (Lipinski definition) is 0. The Kier molecular flexibility index (Phi) is 3.08. The van der Waals surface area contributed by atoms with Crippen LogP contribution in [0.5, 0.6) is 0 Å². The van der Waals surface area contributed by atoms with Crippen molar-refractivity contribution in [2.45, 2.75) is 19.4 Å². The minimum atomic E-state index is 0.0739. The number of carbonyl (C=O) groups is 1. The number of hydrogen-bond acceptors (Lipinski definition) is 1. The maximum Gasteiger partial charge on any atom is 0.255 e. The predicted octanol–water partition coefficient (Wildman–Crippen LogP) is 3.64. The van der Waals surface area contributed by atoms with Crippen molar-refractivity contribution in [2.24, 2.45) is 0 Å². The fraction of sp³-hybridized carbons (Fsp3) is 0.235. The quantitative estimate of drug-likeness (QED) is 0.815. The van der Waals surface area contributed by atoms with Gasteiger partial charge in [0.2, 0.25) is 0 Å². The molecule has 2 nitrogen and oxygen atoms in total. The highest BCUT2D eigenvalue weighted by Crippen LogP contribution is 2.38. The zero-order valence-corrected chi connectivity index (χ0v) is 11.0. The monoisotopic (exact) mass is 251 g/mol. The topological polar surface area (TPSA) is 20.3 Å². The standard InChI is InChI=1S/C17H17NO/c1-2-12-18-16(13-8-4-3-5-9-13)14-10-6-7-11-15(14)17(18)19/h3-11,16H,2,12H2,1H3/t16-/m1/s1. The summed E-state index contributed by atoms with van der Waals surface area (Å²) in [5.41, 5.74) is 3.17. The number of amides is 1. The number of benzene rings is 2. The summed E-state index contributed by atoms with van der Waals surface area (Å²) in [6.07, 6.45) is 0.975. The summed E-state index contributed by atoms with van der Waals surface area (Å²) in [6, 6.07) is 18.3. The van der Waals surface area contributed by atoms with Crippen LogP contribution in [0.25, 0.3) is 0 Å². The third kappa shape index (κ3) is 1.93. The molecule has 2 aromatic carbocycles. The number of nitrogens with zero attached hydrogens (tertiary/aromatic N) is 1. The lowest BCUT2D eigenvalue weighted by Crippen LogP contribution is -2.29. The molecule has 0 aliphatic carbocycles. The molecule has 1 amide bonds. The lowest BCUT2D eigenvalue weighted by atomic mass is 9.98. The van der Waals surface area contributed by atoms with Gasteiger partial charge < -0.3 is 4.90 Å². The summed E-state index contributed by atoms with van der Waals surface area (Å²) in [4.78, 5) is 14.5.